The highest BCUT2D eigenvalue weighted by Gasteiger charge is 2.15. The number of nitrogens with zero attached hydrogens (tertiary/aromatic N) is 1. The number of benzene rings is 3. The summed E-state index contributed by atoms with van der Waals surface area (Å²) in [4.78, 5) is 16.9. The molecule has 0 radical (unpaired) electrons. The van der Waals surface area contributed by atoms with Gasteiger partial charge in [0.1, 0.15) is 5.82 Å². The van der Waals surface area contributed by atoms with Gasteiger partial charge in [0.05, 0.1) is 20.6 Å². The van der Waals surface area contributed by atoms with E-state index in [2.05, 4.69) is 15.0 Å². The van der Waals surface area contributed by atoms with Crippen LogP contribution in [0.4, 0.5) is 15.2 Å². The quantitative estimate of drug-likeness (QED) is 0.311. The second-order valence-electron chi connectivity index (χ2n) is 6.76. The Hall–Kier alpha value is -2.98. The smallest absolute Gasteiger partial charge is 0.261 e. The van der Waals surface area contributed by atoms with Gasteiger partial charge in [-0.2, -0.15) is 0 Å². The Morgan fingerprint density at radius 3 is 2.30 bits per heavy atom. The summed E-state index contributed by atoms with van der Waals surface area (Å²) in [6.45, 7) is 0. The fourth-order valence-corrected chi connectivity index (χ4v) is 4.88. The molecule has 0 spiro atoms. The normalized spacial score (nSPS) is 11.2. The van der Waals surface area contributed by atoms with Crippen molar-refractivity contribution in [3.63, 3.8) is 0 Å². The van der Waals surface area contributed by atoms with Gasteiger partial charge < -0.3 is 0 Å². The molecule has 0 aliphatic rings. The molecule has 4 rings (SSSR count). The highest BCUT2D eigenvalue weighted by Crippen LogP contribution is 2.30. The summed E-state index contributed by atoms with van der Waals surface area (Å²) in [5.41, 5.74) is 1.97. The molecule has 11 heteroatoms. The highest BCUT2D eigenvalue weighted by molar-refractivity contribution is 7.92. The third kappa shape index (κ3) is 5.51. The Bertz CT molecular complexity index is 1420. The largest absolute Gasteiger partial charge is 0.298 e. The molecule has 0 aliphatic heterocycles. The molecule has 1 heterocycles. The van der Waals surface area contributed by atoms with Crippen LogP contribution in [0.3, 0.4) is 0 Å². The van der Waals surface area contributed by atoms with E-state index in [1.807, 2.05) is 0 Å². The first-order chi connectivity index (χ1) is 15.7. The number of hydrogen-bond acceptors (Lipinski definition) is 5. The number of amides is 1. The molecule has 168 valence electrons. The summed E-state index contributed by atoms with van der Waals surface area (Å²) in [5.74, 6) is -0.938. The van der Waals surface area contributed by atoms with E-state index >= 15 is 0 Å². The van der Waals surface area contributed by atoms with E-state index in [1.54, 1.807) is 23.6 Å². The van der Waals surface area contributed by atoms with Gasteiger partial charge in [-0.15, -0.1) is 11.3 Å². The first kappa shape index (κ1) is 23.2. The fourth-order valence-electron chi connectivity index (χ4n) is 2.81. The van der Waals surface area contributed by atoms with Gasteiger partial charge in [0.15, 0.2) is 5.13 Å². The zero-order valence-corrected chi connectivity index (χ0v) is 19.7. The molecule has 0 fully saturated rings. The second-order valence-corrected chi connectivity index (χ2v) is 10.1. The number of aromatic nitrogens is 1. The Labute approximate surface area is 203 Å². The van der Waals surface area contributed by atoms with E-state index in [0.717, 1.165) is 17.7 Å². The first-order valence-corrected chi connectivity index (χ1v) is 12.4. The number of halogens is 3. The number of hydrogen-bond donors (Lipinski definition) is 2. The topological polar surface area (TPSA) is 88.2 Å². The first-order valence-electron chi connectivity index (χ1n) is 9.32. The standard InChI is InChI=1S/C22H14Cl2FN3O3S2/c23-18-10-3-14(11-19(18)24)20-12-32-22(26-20)27-21(29)13-1-6-16(7-2-13)28-33(30,31)17-8-4-15(25)5-9-17/h1-12,28H,(H,26,27,29). The Kier molecular flexibility index (Phi) is 6.66. The molecule has 0 atom stereocenters. The lowest BCUT2D eigenvalue weighted by molar-refractivity contribution is 0.102. The van der Waals surface area contributed by atoms with Crippen molar-refractivity contribution >= 4 is 61.3 Å². The minimum atomic E-state index is -3.88. The predicted molar refractivity (Wildman–Crippen MR) is 129 cm³/mol. The average molecular weight is 522 g/mol. The third-order valence-corrected chi connectivity index (χ3v) is 7.36. The summed E-state index contributed by atoms with van der Waals surface area (Å²) in [5, 5.41) is 5.72. The van der Waals surface area contributed by atoms with Crippen LogP contribution in [-0.4, -0.2) is 19.3 Å². The van der Waals surface area contributed by atoms with Gasteiger partial charge in [-0.3, -0.25) is 14.8 Å². The van der Waals surface area contributed by atoms with Crippen LogP contribution in [0.25, 0.3) is 11.3 Å². The van der Waals surface area contributed by atoms with Gasteiger partial charge in [0.2, 0.25) is 0 Å². The van der Waals surface area contributed by atoms with Crippen LogP contribution in [-0.2, 0) is 10.0 Å². The van der Waals surface area contributed by atoms with Gasteiger partial charge >= 0.3 is 0 Å². The number of thiazole rings is 1. The van der Waals surface area contributed by atoms with Crippen LogP contribution in [0.2, 0.25) is 10.0 Å². The Morgan fingerprint density at radius 1 is 0.939 bits per heavy atom. The summed E-state index contributed by atoms with van der Waals surface area (Å²) >= 11 is 13.2. The molecule has 0 bridgehead atoms. The van der Waals surface area contributed by atoms with Crippen molar-refractivity contribution in [1.29, 1.82) is 0 Å². The van der Waals surface area contributed by atoms with Crippen LogP contribution < -0.4 is 10.0 Å². The SMILES string of the molecule is O=C(Nc1nc(-c2ccc(Cl)c(Cl)c2)cs1)c1ccc(NS(=O)(=O)c2ccc(F)cc2)cc1. The fraction of sp³-hybridized carbons (Fsp3) is 0. The Morgan fingerprint density at radius 2 is 1.64 bits per heavy atom. The van der Waals surface area contributed by atoms with Crippen molar-refractivity contribution in [3.05, 3.63) is 93.5 Å². The van der Waals surface area contributed by atoms with Crippen LogP contribution in [0, 0.1) is 5.82 Å². The van der Waals surface area contributed by atoms with Crippen LogP contribution in [0.1, 0.15) is 10.4 Å². The Balaban J connectivity index is 1.43. The number of rotatable bonds is 6. The van der Waals surface area contributed by atoms with E-state index in [-0.39, 0.29) is 10.6 Å². The molecule has 6 nitrogen and oxygen atoms in total. The molecule has 0 unspecified atom stereocenters. The van der Waals surface area contributed by atoms with Crippen molar-refractivity contribution in [2.24, 2.45) is 0 Å². The minimum Gasteiger partial charge on any atom is -0.298 e. The molecule has 4 aromatic rings. The lowest BCUT2D eigenvalue weighted by Gasteiger charge is -2.09. The molecule has 1 aromatic heterocycles. The van der Waals surface area contributed by atoms with Crippen molar-refractivity contribution in [1.82, 2.24) is 4.98 Å². The van der Waals surface area contributed by atoms with Gasteiger partial charge in [-0.25, -0.2) is 17.8 Å². The van der Waals surface area contributed by atoms with E-state index in [1.165, 1.54) is 47.7 Å². The van der Waals surface area contributed by atoms with Crippen molar-refractivity contribution < 1.29 is 17.6 Å². The second kappa shape index (κ2) is 9.48. The zero-order valence-electron chi connectivity index (χ0n) is 16.6. The van der Waals surface area contributed by atoms with Crippen molar-refractivity contribution in [3.8, 4) is 11.3 Å². The van der Waals surface area contributed by atoms with Gasteiger partial charge in [-0.05, 0) is 60.7 Å². The maximum Gasteiger partial charge on any atom is 0.261 e. The average Bonchev–Trinajstić information content (AvgIpc) is 3.24. The van der Waals surface area contributed by atoms with Crippen LogP contribution in [0.5, 0.6) is 0 Å². The lowest BCUT2D eigenvalue weighted by atomic mass is 10.2. The third-order valence-electron chi connectivity index (χ3n) is 4.46. The monoisotopic (exact) mass is 521 g/mol. The summed E-state index contributed by atoms with van der Waals surface area (Å²) in [6.07, 6.45) is 0. The molecule has 0 saturated heterocycles. The van der Waals surface area contributed by atoms with Crippen molar-refractivity contribution in [2.75, 3.05) is 10.0 Å². The lowest BCUT2D eigenvalue weighted by Crippen LogP contribution is -2.14. The van der Waals surface area contributed by atoms with Gasteiger partial charge in [0, 0.05) is 22.2 Å². The predicted octanol–water partition coefficient (Wildman–Crippen LogP) is 6.31. The van der Waals surface area contributed by atoms with E-state index < -0.39 is 21.7 Å². The number of anilines is 2. The minimum absolute atomic E-state index is 0.0766. The number of nitrogens with one attached hydrogen (secondary N) is 2. The summed E-state index contributed by atoms with van der Waals surface area (Å²) < 4.78 is 40.2. The summed E-state index contributed by atoms with van der Waals surface area (Å²) in [7, 11) is -3.88. The van der Waals surface area contributed by atoms with E-state index in [9.17, 15) is 17.6 Å². The molecule has 0 saturated carbocycles. The van der Waals surface area contributed by atoms with Crippen LogP contribution >= 0.6 is 34.5 Å². The van der Waals surface area contributed by atoms with Crippen LogP contribution in [0.15, 0.2) is 77.0 Å². The summed E-state index contributed by atoms with van der Waals surface area (Å²) in [6, 6.07) is 15.5. The molecular formula is C22H14Cl2FN3O3S2. The highest BCUT2D eigenvalue weighted by atomic mass is 35.5. The maximum absolute atomic E-state index is 13.0. The van der Waals surface area contributed by atoms with Gasteiger partial charge in [-0.1, -0.05) is 29.3 Å². The van der Waals surface area contributed by atoms with Gasteiger partial charge in [0.25, 0.3) is 15.9 Å². The molecule has 2 N–H and O–H groups in total. The zero-order chi connectivity index (χ0) is 23.6. The molecule has 0 aliphatic carbocycles. The number of carbonyl (C=O) groups is 1. The van der Waals surface area contributed by atoms with E-state index in [0.29, 0.717) is 26.4 Å². The van der Waals surface area contributed by atoms with Crippen molar-refractivity contribution in [2.45, 2.75) is 4.90 Å². The van der Waals surface area contributed by atoms with E-state index in [4.69, 9.17) is 23.2 Å². The maximum atomic E-state index is 13.0. The number of carbonyl (C=O) groups excluding carboxylic acids is 1. The number of sulfonamides is 1. The molecule has 3 aromatic carbocycles. The molecule has 33 heavy (non-hydrogen) atoms. The molecule has 1 amide bonds. The molecular weight excluding hydrogens is 508 g/mol.